The average Bonchev–Trinajstić information content (AvgIpc) is 2.32. The molecule has 0 spiro atoms. The highest BCUT2D eigenvalue weighted by atomic mass is 79.9. The molecule has 0 aliphatic carbocycles. The smallest absolute Gasteiger partial charge is 0.263 e. The molecule has 0 bridgehead atoms. The lowest BCUT2D eigenvalue weighted by Gasteiger charge is -2.07. The van der Waals surface area contributed by atoms with Crippen LogP contribution >= 0.6 is 27.5 Å². The standard InChI is InChI=1S/C10H6BrClFN3O2S/c11-7-2-1-6(3-8(7)13)19(17,18)16-10-4-9(12)14-5-15-10/h1-5H,(H,14,15,16). The largest absolute Gasteiger partial charge is 0.263 e. The minimum Gasteiger partial charge on any atom is -0.263 e. The number of benzene rings is 1. The third-order valence-corrected chi connectivity index (χ3v) is 4.28. The first-order chi connectivity index (χ1) is 8.88. The third kappa shape index (κ3) is 3.40. The second-order valence-electron chi connectivity index (χ2n) is 3.41. The van der Waals surface area contributed by atoms with Crippen LogP contribution in [0.15, 0.2) is 40.0 Å². The number of nitrogens with zero attached hydrogens (tertiary/aromatic N) is 2. The first-order valence-electron chi connectivity index (χ1n) is 4.84. The molecular weight excluding hydrogens is 361 g/mol. The second kappa shape index (κ2) is 5.40. The summed E-state index contributed by atoms with van der Waals surface area (Å²) in [6, 6.07) is 4.71. The fourth-order valence-corrected chi connectivity index (χ4v) is 2.63. The van der Waals surface area contributed by atoms with Gasteiger partial charge in [0.2, 0.25) is 0 Å². The zero-order valence-corrected chi connectivity index (χ0v) is 12.3. The Hall–Kier alpha value is -1.25. The van der Waals surface area contributed by atoms with Crippen LogP contribution in [0.25, 0.3) is 0 Å². The van der Waals surface area contributed by atoms with E-state index in [1.54, 1.807) is 0 Å². The van der Waals surface area contributed by atoms with Crippen molar-refractivity contribution >= 4 is 43.4 Å². The van der Waals surface area contributed by atoms with E-state index in [1.807, 2.05) is 0 Å². The van der Waals surface area contributed by atoms with Crippen LogP contribution in [0.5, 0.6) is 0 Å². The maximum absolute atomic E-state index is 13.3. The highest BCUT2D eigenvalue weighted by molar-refractivity contribution is 9.10. The first kappa shape index (κ1) is 14.2. The number of halogens is 3. The van der Waals surface area contributed by atoms with Gasteiger partial charge in [-0.3, -0.25) is 4.72 Å². The summed E-state index contributed by atoms with van der Waals surface area (Å²) in [5.41, 5.74) is 0. The van der Waals surface area contributed by atoms with E-state index in [1.165, 1.54) is 18.2 Å². The molecule has 9 heteroatoms. The Morgan fingerprint density at radius 2 is 2.00 bits per heavy atom. The highest BCUT2D eigenvalue weighted by Crippen LogP contribution is 2.21. The molecule has 2 rings (SSSR count). The van der Waals surface area contributed by atoms with E-state index in [0.29, 0.717) is 0 Å². The van der Waals surface area contributed by atoms with Crippen LogP contribution in [0.4, 0.5) is 10.2 Å². The molecule has 0 saturated carbocycles. The Labute approximate surface area is 122 Å². The Bertz CT molecular complexity index is 726. The molecule has 0 aliphatic heterocycles. The Morgan fingerprint density at radius 3 is 2.63 bits per heavy atom. The molecule has 2 aromatic rings. The van der Waals surface area contributed by atoms with E-state index >= 15 is 0 Å². The summed E-state index contributed by atoms with van der Waals surface area (Å²) in [6.45, 7) is 0. The van der Waals surface area contributed by atoms with Crippen molar-refractivity contribution in [2.75, 3.05) is 4.72 Å². The van der Waals surface area contributed by atoms with Gasteiger partial charge < -0.3 is 0 Å². The third-order valence-electron chi connectivity index (χ3n) is 2.07. The van der Waals surface area contributed by atoms with Crippen molar-refractivity contribution in [2.24, 2.45) is 0 Å². The first-order valence-corrected chi connectivity index (χ1v) is 7.49. The number of hydrogen-bond acceptors (Lipinski definition) is 4. The van der Waals surface area contributed by atoms with Gasteiger partial charge in [-0.2, -0.15) is 0 Å². The van der Waals surface area contributed by atoms with Gasteiger partial charge in [-0.05, 0) is 34.1 Å². The van der Waals surface area contributed by atoms with Crippen molar-refractivity contribution in [3.8, 4) is 0 Å². The predicted molar refractivity (Wildman–Crippen MR) is 72.0 cm³/mol. The summed E-state index contributed by atoms with van der Waals surface area (Å²) in [4.78, 5) is 7.10. The fourth-order valence-electron chi connectivity index (χ4n) is 1.23. The van der Waals surface area contributed by atoms with E-state index in [4.69, 9.17) is 11.6 Å². The van der Waals surface area contributed by atoms with Gasteiger partial charge in [0.05, 0.1) is 9.37 Å². The van der Waals surface area contributed by atoms with Crippen molar-refractivity contribution in [3.05, 3.63) is 46.0 Å². The second-order valence-corrected chi connectivity index (χ2v) is 6.33. The molecule has 1 heterocycles. The molecule has 5 nitrogen and oxygen atoms in total. The zero-order chi connectivity index (χ0) is 14.0. The normalized spacial score (nSPS) is 11.3. The van der Waals surface area contributed by atoms with Gasteiger partial charge in [0.15, 0.2) is 0 Å². The maximum Gasteiger partial charge on any atom is 0.263 e. The number of rotatable bonds is 3. The van der Waals surface area contributed by atoms with Crippen LogP contribution in [-0.2, 0) is 10.0 Å². The van der Waals surface area contributed by atoms with Crippen LogP contribution < -0.4 is 4.72 Å². The molecule has 0 amide bonds. The van der Waals surface area contributed by atoms with Gasteiger partial charge in [-0.15, -0.1) is 0 Å². The van der Waals surface area contributed by atoms with Gasteiger partial charge in [-0.25, -0.2) is 22.8 Å². The predicted octanol–water partition coefficient (Wildman–Crippen LogP) is 2.83. The minimum absolute atomic E-state index is 0.00308. The Morgan fingerprint density at radius 1 is 1.26 bits per heavy atom. The molecule has 100 valence electrons. The quantitative estimate of drug-likeness (QED) is 0.848. The number of anilines is 1. The van der Waals surface area contributed by atoms with Crippen molar-refractivity contribution in [2.45, 2.75) is 4.90 Å². The van der Waals surface area contributed by atoms with Crippen LogP contribution in [0.2, 0.25) is 5.15 Å². The van der Waals surface area contributed by atoms with Gasteiger partial charge in [-0.1, -0.05) is 11.6 Å². The van der Waals surface area contributed by atoms with Crippen LogP contribution in [-0.4, -0.2) is 18.4 Å². The van der Waals surface area contributed by atoms with Crippen LogP contribution in [0.3, 0.4) is 0 Å². The van der Waals surface area contributed by atoms with E-state index in [-0.39, 0.29) is 20.3 Å². The molecule has 0 fully saturated rings. The molecular formula is C10H6BrClFN3O2S. The summed E-state index contributed by atoms with van der Waals surface area (Å²) >= 11 is 8.56. The molecule has 0 aliphatic rings. The SMILES string of the molecule is O=S(=O)(Nc1cc(Cl)ncn1)c1ccc(Br)c(F)c1. The number of hydrogen-bond donors (Lipinski definition) is 1. The lowest BCUT2D eigenvalue weighted by Crippen LogP contribution is -2.14. The lowest BCUT2D eigenvalue weighted by atomic mass is 10.3. The number of nitrogens with one attached hydrogen (secondary N) is 1. The van der Waals surface area contributed by atoms with Crippen LogP contribution in [0.1, 0.15) is 0 Å². The molecule has 1 aromatic carbocycles. The molecule has 0 radical (unpaired) electrons. The Balaban J connectivity index is 2.35. The molecule has 1 N–H and O–H groups in total. The van der Waals surface area contributed by atoms with Gasteiger partial charge in [0, 0.05) is 6.07 Å². The van der Waals surface area contributed by atoms with E-state index in [2.05, 4.69) is 30.6 Å². The fraction of sp³-hybridized carbons (Fsp3) is 0. The highest BCUT2D eigenvalue weighted by Gasteiger charge is 2.16. The maximum atomic E-state index is 13.3. The van der Waals surface area contributed by atoms with Gasteiger partial charge in [0.1, 0.15) is 23.1 Å². The molecule has 0 atom stereocenters. The summed E-state index contributed by atoms with van der Waals surface area (Å²) in [7, 11) is -3.93. The topological polar surface area (TPSA) is 72.0 Å². The Kier molecular flexibility index (Phi) is 4.02. The lowest BCUT2D eigenvalue weighted by molar-refractivity contribution is 0.593. The molecule has 1 aromatic heterocycles. The van der Waals surface area contributed by atoms with Crippen molar-refractivity contribution in [3.63, 3.8) is 0 Å². The minimum atomic E-state index is -3.93. The summed E-state index contributed by atoms with van der Waals surface area (Å²) < 4.78 is 39.6. The summed E-state index contributed by atoms with van der Waals surface area (Å²) in [5, 5.41) is 0.0923. The number of aromatic nitrogens is 2. The summed E-state index contributed by atoms with van der Waals surface area (Å²) in [5.74, 6) is -0.674. The zero-order valence-electron chi connectivity index (χ0n) is 9.14. The van der Waals surface area contributed by atoms with E-state index in [0.717, 1.165) is 12.4 Å². The molecule has 19 heavy (non-hydrogen) atoms. The van der Waals surface area contributed by atoms with Crippen molar-refractivity contribution in [1.29, 1.82) is 0 Å². The van der Waals surface area contributed by atoms with Crippen LogP contribution in [0, 0.1) is 5.82 Å². The van der Waals surface area contributed by atoms with Crippen molar-refractivity contribution in [1.82, 2.24) is 9.97 Å². The average molecular weight is 367 g/mol. The van der Waals surface area contributed by atoms with E-state index in [9.17, 15) is 12.8 Å². The van der Waals surface area contributed by atoms with E-state index < -0.39 is 15.8 Å². The molecule has 0 saturated heterocycles. The van der Waals surface area contributed by atoms with Crippen molar-refractivity contribution < 1.29 is 12.8 Å². The number of sulfonamides is 1. The van der Waals surface area contributed by atoms with Gasteiger partial charge in [0.25, 0.3) is 10.0 Å². The summed E-state index contributed by atoms with van der Waals surface area (Å²) in [6.07, 6.45) is 1.11. The monoisotopic (exact) mass is 365 g/mol. The van der Waals surface area contributed by atoms with Gasteiger partial charge >= 0.3 is 0 Å². The molecule has 0 unspecified atom stereocenters.